The van der Waals surface area contributed by atoms with Gasteiger partial charge >= 0.3 is 0 Å². The predicted octanol–water partition coefficient (Wildman–Crippen LogP) is 3.26. The highest BCUT2D eigenvalue weighted by molar-refractivity contribution is 7.89. The molecule has 5 rings (SSSR count). The van der Waals surface area contributed by atoms with E-state index in [0.29, 0.717) is 36.8 Å². The van der Waals surface area contributed by atoms with E-state index in [1.807, 2.05) is 17.9 Å². The van der Waals surface area contributed by atoms with Gasteiger partial charge in [-0.05, 0) is 36.8 Å². The van der Waals surface area contributed by atoms with E-state index in [1.54, 1.807) is 36.7 Å². The third-order valence-corrected chi connectivity index (χ3v) is 7.95. The van der Waals surface area contributed by atoms with Gasteiger partial charge in [0.15, 0.2) is 0 Å². The molecule has 1 spiro atoms. The van der Waals surface area contributed by atoms with Crippen molar-refractivity contribution in [3.8, 4) is 11.1 Å². The van der Waals surface area contributed by atoms with Crippen LogP contribution in [0.5, 0.6) is 0 Å². The lowest BCUT2D eigenvalue weighted by molar-refractivity contribution is -0.0507. The number of nitrogens with zero attached hydrogens (tertiary/aromatic N) is 4. The van der Waals surface area contributed by atoms with Gasteiger partial charge in [0.05, 0.1) is 23.5 Å². The Morgan fingerprint density at radius 2 is 1.81 bits per heavy atom. The fourth-order valence-corrected chi connectivity index (χ4v) is 5.18. The van der Waals surface area contributed by atoms with Gasteiger partial charge in [-0.3, -0.25) is 0 Å². The first-order chi connectivity index (χ1) is 15.2. The third kappa shape index (κ3) is 3.19. The Kier molecular flexibility index (Phi) is 4.81. The molecule has 0 aliphatic carbocycles. The Bertz CT molecular complexity index is 1310. The van der Waals surface area contributed by atoms with Crippen LogP contribution in [0.15, 0.2) is 53.7 Å². The summed E-state index contributed by atoms with van der Waals surface area (Å²) in [5.74, 6) is 0.105. The minimum Gasteiger partial charge on any atom is -0.379 e. The minimum absolute atomic E-state index is 0.208. The van der Waals surface area contributed by atoms with Crippen molar-refractivity contribution in [3.63, 3.8) is 0 Å². The van der Waals surface area contributed by atoms with Crippen LogP contribution in [-0.4, -0.2) is 56.5 Å². The van der Waals surface area contributed by atoms with E-state index in [9.17, 15) is 12.8 Å². The molecule has 1 fully saturated rings. The van der Waals surface area contributed by atoms with Crippen LogP contribution in [0.4, 0.5) is 16.0 Å². The number of rotatable bonds is 4. The summed E-state index contributed by atoms with van der Waals surface area (Å²) < 4.78 is 46.4. The Balaban J connectivity index is 1.56. The summed E-state index contributed by atoms with van der Waals surface area (Å²) in [7, 11) is -0.573. The van der Waals surface area contributed by atoms with E-state index in [1.165, 1.54) is 24.5 Å². The molecule has 9 heteroatoms. The van der Waals surface area contributed by atoms with Gasteiger partial charge in [-0.2, -0.15) is 0 Å². The van der Waals surface area contributed by atoms with Gasteiger partial charge in [0, 0.05) is 49.8 Å². The number of fused-ring (bicyclic) bond motifs is 2. The van der Waals surface area contributed by atoms with Crippen LogP contribution in [0.2, 0.25) is 0 Å². The van der Waals surface area contributed by atoms with E-state index >= 15 is 0 Å². The smallest absolute Gasteiger partial charge is 0.242 e. The molecular weight excluding hydrogens is 431 g/mol. The van der Waals surface area contributed by atoms with Crippen LogP contribution >= 0.6 is 0 Å². The zero-order valence-corrected chi connectivity index (χ0v) is 18.9. The van der Waals surface area contributed by atoms with Crippen LogP contribution < -0.4 is 4.90 Å². The lowest BCUT2D eigenvalue weighted by Gasteiger charge is -2.38. The molecule has 166 valence electrons. The maximum Gasteiger partial charge on any atom is 0.242 e. The average molecular weight is 455 g/mol. The number of hydrogen-bond donors (Lipinski definition) is 0. The second-order valence-electron chi connectivity index (χ2n) is 8.58. The highest BCUT2D eigenvalue weighted by Crippen LogP contribution is 2.48. The van der Waals surface area contributed by atoms with Crippen molar-refractivity contribution >= 4 is 21.7 Å². The first-order valence-electron chi connectivity index (χ1n) is 10.2. The van der Waals surface area contributed by atoms with Crippen LogP contribution in [0, 0.1) is 12.7 Å². The minimum atomic E-state index is -3.59. The number of benzene rings is 2. The molecule has 2 aliphatic rings. The van der Waals surface area contributed by atoms with Crippen molar-refractivity contribution < 1.29 is 17.5 Å². The SMILES string of the molecule is Cc1ccc(F)c(-c2cnc(N3CC4(COC4)c4ccc(S(=O)(=O)N(C)C)cc43)nc2)c1. The summed E-state index contributed by atoms with van der Waals surface area (Å²) in [6, 6.07) is 10.1. The van der Waals surface area contributed by atoms with Gasteiger partial charge in [0.2, 0.25) is 16.0 Å². The molecule has 0 atom stereocenters. The molecule has 0 bridgehead atoms. The molecule has 0 unspecified atom stereocenters. The van der Waals surface area contributed by atoms with E-state index in [2.05, 4.69) is 9.97 Å². The maximum atomic E-state index is 14.3. The normalized spacial score (nSPS) is 17.0. The van der Waals surface area contributed by atoms with Crippen molar-refractivity contribution in [3.05, 3.63) is 65.7 Å². The number of aromatic nitrogens is 2. The van der Waals surface area contributed by atoms with Crippen molar-refractivity contribution in [2.45, 2.75) is 17.2 Å². The quantitative estimate of drug-likeness (QED) is 0.602. The number of halogens is 1. The molecule has 7 nitrogen and oxygen atoms in total. The van der Waals surface area contributed by atoms with Gasteiger partial charge < -0.3 is 9.64 Å². The molecule has 3 aromatic rings. The molecule has 0 saturated carbocycles. The van der Waals surface area contributed by atoms with E-state index in [0.717, 1.165) is 16.8 Å². The highest BCUT2D eigenvalue weighted by atomic mass is 32.2. The molecule has 32 heavy (non-hydrogen) atoms. The Labute approximate surface area is 186 Å². The number of sulfonamides is 1. The van der Waals surface area contributed by atoms with Gasteiger partial charge in [0.25, 0.3) is 0 Å². The zero-order valence-electron chi connectivity index (χ0n) is 18.0. The first-order valence-corrected chi connectivity index (χ1v) is 11.7. The standard InChI is InChI=1S/C23H23FN4O3S/c1-15-4-7-20(24)18(8-15)16-10-25-22(26-11-16)28-12-23(13-31-14-23)19-6-5-17(9-21(19)28)32(29,30)27(2)3/h4-11H,12-14H2,1-3H3. The number of hydrogen-bond acceptors (Lipinski definition) is 6. The average Bonchev–Trinajstić information content (AvgIpc) is 3.11. The van der Waals surface area contributed by atoms with Crippen LogP contribution in [0.25, 0.3) is 11.1 Å². The Hall–Kier alpha value is -2.88. The van der Waals surface area contributed by atoms with Gasteiger partial charge in [-0.15, -0.1) is 0 Å². The van der Waals surface area contributed by atoms with Crippen molar-refractivity contribution in [1.82, 2.24) is 14.3 Å². The summed E-state index contributed by atoms with van der Waals surface area (Å²) >= 11 is 0. The maximum absolute atomic E-state index is 14.3. The van der Waals surface area contributed by atoms with Crippen molar-refractivity contribution in [2.24, 2.45) is 0 Å². The molecule has 3 heterocycles. The molecule has 1 saturated heterocycles. The van der Waals surface area contributed by atoms with Gasteiger partial charge in [0.1, 0.15) is 5.82 Å². The van der Waals surface area contributed by atoms with Crippen LogP contribution in [0.1, 0.15) is 11.1 Å². The summed E-state index contributed by atoms with van der Waals surface area (Å²) in [5, 5.41) is 0. The number of anilines is 2. The van der Waals surface area contributed by atoms with E-state index in [-0.39, 0.29) is 16.1 Å². The summed E-state index contributed by atoms with van der Waals surface area (Å²) in [4.78, 5) is 11.1. The van der Waals surface area contributed by atoms with Gasteiger partial charge in [-0.25, -0.2) is 27.1 Å². The Morgan fingerprint density at radius 1 is 1.09 bits per heavy atom. The zero-order chi connectivity index (χ0) is 22.7. The molecule has 0 amide bonds. The second kappa shape index (κ2) is 7.33. The van der Waals surface area contributed by atoms with Crippen LogP contribution in [0.3, 0.4) is 0 Å². The molecule has 2 aliphatic heterocycles. The molecule has 2 aromatic carbocycles. The molecule has 1 aromatic heterocycles. The van der Waals surface area contributed by atoms with Crippen molar-refractivity contribution in [2.75, 3.05) is 38.8 Å². The lowest BCUT2D eigenvalue weighted by Crippen LogP contribution is -2.49. The van der Waals surface area contributed by atoms with E-state index in [4.69, 9.17) is 4.74 Å². The molecule has 0 radical (unpaired) electrons. The van der Waals surface area contributed by atoms with Crippen LogP contribution in [-0.2, 0) is 20.2 Å². The summed E-state index contributed by atoms with van der Waals surface area (Å²) in [6.07, 6.45) is 3.20. The lowest BCUT2D eigenvalue weighted by atomic mass is 9.81. The number of aryl methyl sites for hydroxylation is 1. The Morgan fingerprint density at radius 3 is 2.44 bits per heavy atom. The highest BCUT2D eigenvalue weighted by Gasteiger charge is 2.49. The van der Waals surface area contributed by atoms with Gasteiger partial charge in [-0.1, -0.05) is 17.7 Å². The molecular formula is C23H23FN4O3S. The first kappa shape index (κ1) is 21.0. The topological polar surface area (TPSA) is 75.6 Å². The largest absolute Gasteiger partial charge is 0.379 e. The molecule has 0 N–H and O–H groups in total. The predicted molar refractivity (Wildman–Crippen MR) is 119 cm³/mol. The fraction of sp³-hybridized carbons (Fsp3) is 0.304. The third-order valence-electron chi connectivity index (χ3n) is 6.14. The number of ether oxygens (including phenoxy) is 1. The summed E-state index contributed by atoms with van der Waals surface area (Å²) in [6.45, 7) is 3.61. The summed E-state index contributed by atoms with van der Waals surface area (Å²) in [5.41, 5.74) is 3.55. The van der Waals surface area contributed by atoms with Crippen molar-refractivity contribution in [1.29, 1.82) is 0 Å². The fourth-order valence-electron chi connectivity index (χ4n) is 4.26. The van der Waals surface area contributed by atoms with E-state index < -0.39 is 10.0 Å². The monoisotopic (exact) mass is 454 g/mol. The second-order valence-corrected chi connectivity index (χ2v) is 10.7.